The average Bonchev–Trinajstić information content (AvgIpc) is 3.54. The van der Waals surface area contributed by atoms with Crippen molar-refractivity contribution < 1.29 is 4.42 Å². The maximum Gasteiger partial charge on any atom is 0.226 e. The van der Waals surface area contributed by atoms with Gasteiger partial charge < -0.3 is 15.1 Å². The molecule has 2 N–H and O–H groups in total. The molecule has 1 atom stereocenters. The van der Waals surface area contributed by atoms with Gasteiger partial charge in [0.05, 0.1) is 18.3 Å². The van der Waals surface area contributed by atoms with Gasteiger partial charge in [-0.2, -0.15) is 0 Å². The van der Waals surface area contributed by atoms with Gasteiger partial charge in [0.15, 0.2) is 5.96 Å². The van der Waals surface area contributed by atoms with Crippen LogP contribution in [-0.4, -0.2) is 42.5 Å². The van der Waals surface area contributed by atoms with Gasteiger partial charge in [-0.3, -0.25) is 9.89 Å². The van der Waals surface area contributed by atoms with Gasteiger partial charge in [-0.1, -0.05) is 23.8 Å². The molecule has 4 rings (SSSR count). The number of nitrogens with zero attached hydrogens (tertiary/aromatic N) is 3. The van der Waals surface area contributed by atoms with Crippen LogP contribution in [0.3, 0.4) is 0 Å². The lowest BCUT2D eigenvalue weighted by atomic mass is 10.1. The zero-order chi connectivity index (χ0) is 20.8. The minimum atomic E-state index is 0.381. The normalized spacial score (nSPS) is 16.0. The van der Waals surface area contributed by atoms with Crippen LogP contribution < -0.4 is 10.6 Å². The Morgan fingerprint density at radius 3 is 2.70 bits per heavy atom. The molecule has 1 unspecified atom stereocenters. The lowest BCUT2D eigenvalue weighted by Crippen LogP contribution is -2.42. The van der Waals surface area contributed by atoms with Crippen molar-refractivity contribution >= 4 is 17.3 Å². The molecule has 0 bridgehead atoms. The highest BCUT2D eigenvalue weighted by Gasteiger charge is 2.24. The molecule has 0 aliphatic carbocycles. The van der Waals surface area contributed by atoms with Gasteiger partial charge in [-0.15, -0.1) is 11.3 Å². The molecule has 7 heteroatoms. The molecule has 0 saturated carbocycles. The Kier molecular flexibility index (Phi) is 6.81. The molecule has 30 heavy (non-hydrogen) atoms. The van der Waals surface area contributed by atoms with E-state index >= 15 is 0 Å². The van der Waals surface area contributed by atoms with Crippen LogP contribution in [0.5, 0.6) is 0 Å². The standard InChI is InChI=1S/C23H29N5OS/c1-17-7-9-18(10-8-17)22-27-19(16-29-22)14-25-23(24-2)26-15-20(21-6-5-13-30-21)28-11-3-4-12-28/h5-10,13,16,20H,3-4,11-12,14-15H2,1-2H3,(H2,24,25,26). The van der Waals surface area contributed by atoms with E-state index < -0.39 is 0 Å². The number of rotatable bonds is 7. The molecule has 2 aromatic heterocycles. The Morgan fingerprint density at radius 1 is 1.20 bits per heavy atom. The third-order valence-electron chi connectivity index (χ3n) is 5.43. The summed E-state index contributed by atoms with van der Waals surface area (Å²) in [5.41, 5.74) is 3.05. The Morgan fingerprint density at radius 2 is 2.00 bits per heavy atom. The molecule has 158 valence electrons. The van der Waals surface area contributed by atoms with E-state index in [1.165, 1.54) is 23.3 Å². The number of hydrogen-bond donors (Lipinski definition) is 2. The number of aliphatic imine (C=N–C) groups is 1. The molecular formula is C23H29N5OS. The van der Waals surface area contributed by atoms with Crippen LogP contribution in [-0.2, 0) is 6.54 Å². The summed E-state index contributed by atoms with van der Waals surface area (Å²) in [5, 5.41) is 9.00. The van der Waals surface area contributed by atoms with E-state index in [0.29, 0.717) is 18.5 Å². The van der Waals surface area contributed by atoms with E-state index in [1.807, 2.05) is 23.5 Å². The maximum absolute atomic E-state index is 5.65. The van der Waals surface area contributed by atoms with Crippen molar-refractivity contribution in [3.8, 4) is 11.5 Å². The van der Waals surface area contributed by atoms with E-state index in [4.69, 9.17) is 4.42 Å². The molecule has 3 heterocycles. The summed E-state index contributed by atoms with van der Waals surface area (Å²) in [6, 6.07) is 12.9. The zero-order valence-electron chi connectivity index (χ0n) is 17.6. The Balaban J connectivity index is 1.33. The van der Waals surface area contributed by atoms with Crippen molar-refractivity contribution in [2.24, 2.45) is 4.99 Å². The van der Waals surface area contributed by atoms with Gasteiger partial charge >= 0.3 is 0 Å². The number of oxazole rings is 1. The lowest BCUT2D eigenvalue weighted by molar-refractivity contribution is 0.249. The van der Waals surface area contributed by atoms with E-state index in [1.54, 1.807) is 13.3 Å². The van der Waals surface area contributed by atoms with Gasteiger partial charge in [-0.05, 0) is 56.4 Å². The molecular weight excluding hydrogens is 394 g/mol. The first-order valence-electron chi connectivity index (χ1n) is 10.5. The molecule has 1 aliphatic heterocycles. The molecule has 1 saturated heterocycles. The molecule has 3 aromatic rings. The topological polar surface area (TPSA) is 65.7 Å². The predicted molar refractivity (Wildman–Crippen MR) is 123 cm³/mol. The van der Waals surface area contributed by atoms with Crippen molar-refractivity contribution in [1.82, 2.24) is 20.5 Å². The van der Waals surface area contributed by atoms with Crippen molar-refractivity contribution in [2.75, 3.05) is 26.7 Å². The molecule has 1 fully saturated rings. The average molecular weight is 424 g/mol. The molecule has 0 spiro atoms. The van der Waals surface area contributed by atoms with Crippen LogP contribution in [0.15, 0.2) is 57.5 Å². The van der Waals surface area contributed by atoms with Gasteiger partial charge in [0.2, 0.25) is 5.89 Å². The van der Waals surface area contributed by atoms with E-state index in [9.17, 15) is 0 Å². The van der Waals surface area contributed by atoms with Gasteiger partial charge in [-0.25, -0.2) is 4.98 Å². The summed E-state index contributed by atoms with van der Waals surface area (Å²) in [6.07, 6.45) is 4.27. The highest BCUT2D eigenvalue weighted by molar-refractivity contribution is 7.10. The van der Waals surface area contributed by atoms with Crippen LogP contribution in [0, 0.1) is 6.92 Å². The molecule has 0 radical (unpaired) electrons. The summed E-state index contributed by atoms with van der Waals surface area (Å²) in [5.74, 6) is 1.41. The second-order valence-corrected chi connectivity index (χ2v) is 8.57. The molecule has 6 nitrogen and oxygen atoms in total. The number of thiophene rings is 1. The fourth-order valence-electron chi connectivity index (χ4n) is 3.75. The Bertz CT molecular complexity index is 942. The van der Waals surface area contributed by atoms with Gasteiger partial charge in [0.25, 0.3) is 0 Å². The minimum absolute atomic E-state index is 0.381. The number of nitrogens with one attached hydrogen (secondary N) is 2. The van der Waals surface area contributed by atoms with Crippen LogP contribution in [0.1, 0.15) is 35.0 Å². The minimum Gasteiger partial charge on any atom is -0.444 e. The number of aromatic nitrogens is 1. The number of likely N-dealkylation sites (tertiary alicyclic amines) is 1. The summed E-state index contributed by atoms with van der Waals surface area (Å²) < 4.78 is 5.65. The second kappa shape index (κ2) is 9.91. The quantitative estimate of drug-likeness (QED) is 0.440. The number of hydrogen-bond acceptors (Lipinski definition) is 5. The first-order valence-corrected chi connectivity index (χ1v) is 11.3. The van der Waals surface area contributed by atoms with Crippen molar-refractivity contribution in [2.45, 2.75) is 32.4 Å². The monoisotopic (exact) mass is 423 g/mol. The van der Waals surface area contributed by atoms with E-state index in [2.05, 4.69) is 62.1 Å². The van der Waals surface area contributed by atoms with Crippen LogP contribution in [0.25, 0.3) is 11.5 Å². The SMILES string of the molecule is CN=C(NCc1coc(-c2ccc(C)cc2)n1)NCC(c1cccs1)N1CCCC1. The summed E-state index contributed by atoms with van der Waals surface area (Å²) in [7, 11) is 1.80. The maximum atomic E-state index is 5.65. The van der Waals surface area contributed by atoms with Crippen LogP contribution in [0.2, 0.25) is 0 Å². The van der Waals surface area contributed by atoms with E-state index in [-0.39, 0.29) is 0 Å². The zero-order valence-corrected chi connectivity index (χ0v) is 18.4. The molecule has 1 aromatic carbocycles. The van der Waals surface area contributed by atoms with Crippen molar-refractivity contribution in [3.63, 3.8) is 0 Å². The fourth-order valence-corrected chi connectivity index (χ4v) is 4.61. The summed E-state index contributed by atoms with van der Waals surface area (Å²) >= 11 is 1.82. The lowest BCUT2D eigenvalue weighted by Gasteiger charge is -2.27. The largest absolute Gasteiger partial charge is 0.444 e. The Hall–Kier alpha value is -2.64. The van der Waals surface area contributed by atoms with Crippen molar-refractivity contribution in [1.29, 1.82) is 0 Å². The third kappa shape index (κ3) is 5.09. The highest BCUT2D eigenvalue weighted by atomic mass is 32.1. The first-order chi connectivity index (χ1) is 14.7. The van der Waals surface area contributed by atoms with Gasteiger partial charge in [0.1, 0.15) is 6.26 Å². The fraction of sp³-hybridized carbons (Fsp3) is 0.391. The second-order valence-electron chi connectivity index (χ2n) is 7.59. The highest BCUT2D eigenvalue weighted by Crippen LogP contribution is 2.27. The number of benzene rings is 1. The smallest absolute Gasteiger partial charge is 0.226 e. The van der Waals surface area contributed by atoms with Crippen LogP contribution in [0.4, 0.5) is 0 Å². The van der Waals surface area contributed by atoms with Crippen molar-refractivity contribution in [3.05, 3.63) is 64.2 Å². The predicted octanol–water partition coefficient (Wildman–Crippen LogP) is 4.21. The summed E-state index contributed by atoms with van der Waals surface area (Å²) in [6.45, 7) is 5.78. The van der Waals surface area contributed by atoms with E-state index in [0.717, 1.165) is 36.9 Å². The molecule has 0 amide bonds. The number of aryl methyl sites for hydroxylation is 1. The molecule has 1 aliphatic rings. The Labute approximate surface area is 182 Å². The van der Waals surface area contributed by atoms with Gasteiger partial charge in [0, 0.05) is 24.0 Å². The van der Waals surface area contributed by atoms with Crippen LogP contribution >= 0.6 is 11.3 Å². The number of guanidine groups is 1. The third-order valence-corrected chi connectivity index (χ3v) is 6.40. The first kappa shape index (κ1) is 20.6. The summed E-state index contributed by atoms with van der Waals surface area (Å²) in [4.78, 5) is 12.9.